The number of imidazole rings is 2. The fourth-order valence-electron chi connectivity index (χ4n) is 2.08. The SMILES string of the molecule is NCc1nccn1Cc1cn(-c2ccc(Cl)c(Cl)c2)cn1. The molecule has 0 aliphatic heterocycles. The van der Waals surface area contributed by atoms with Gasteiger partial charge in [-0.25, -0.2) is 9.97 Å². The van der Waals surface area contributed by atoms with E-state index >= 15 is 0 Å². The minimum atomic E-state index is 0.403. The lowest BCUT2D eigenvalue weighted by atomic mass is 10.3. The molecule has 0 aliphatic rings. The fourth-order valence-corrected chi connectivity index (χ4v) is 2.37. The van der Waals surface area contributed by atoms with Gasteiger partial charge >= 0.3 is 0 Å². The Morgan fingerprint density at radius 2 is 2.00 bits per heavy atom. The van der Waals surface area contributed by atoms with Crippen molar-refractivity contribution in [3.8, 4) is 5.69 Å². The highest BCUT2D eigenvalue weighted by atomic mass is 35.5. The number of nitrogens with two attached hydrogens (primary N) is 1. The monoisotopic (exact) mass is 321 g/mol. The summed E-state index contributed by atoms with van der Waals surface area (Å²) in [4.78, 5) is 8.58. The van der Waals surface area contributed by atoms with Gasteiger partial charge in [0.1, 0.15) is 5.82 Å². The summed E-state index contributed by atoms with van der Waals surface area (Å²) in [6, 6.07) is 5.46. The van der Waals surface area contributed by atoms with Crippen molar-refractivity contribution in [1.29, 1.82) is 0 Å². The molecule has 2 heterocycles. The van der Waals surface area contributed by atoms with E-state index in [0.29, 0.717) is 23.1 Å². The Balaban J connectivity index is 1.84. The molecule has 0 radical (unpaired) electrons. The number of halogens is 2. The molecule has 0 saturated heterocycles. The molecule has 7 heteroatoms. The Bertz CT molecular complexity index is 762. The highest BCUT2D eigenvalue weighted by Gasteiger charge is 2.06. The maximum atomic E-state index is 6.03. The van der Waals surface area contributed by atoms with Gasteiger partial charge in [-0.2, -0.15) is 0 Å². The summed E-state index contributed by atoms with van der Waals surface area (Å²) in [7, 11) is 0. The Kier molecular flexibility index (Phi) is 3.96. The first-order valence-electron chi connectivity index (χ1n) is 6.36. The maximum absolute atomic E-state index is 6.03. The molecule has 0 amide bonds. The van der Waals surface area contributed by atoms with E-state index in [0.717, 1.165) is 17.2 Å². The molecule has 1 aromatic carbocycles. The molecule has 2 N–H and O–H groups in total. The Hall–Kier alpha value is -1.82. The van der Waals surface area contributed by atoms with Gasteiger partial charge in [0, 0.05) is 24.3 Å². The Labute approximate surface area is 131 Å². The van der Waals surface area contributed by atoms with E-state index in [1.165, 1.54) is 0 Å². The van der Waals surface area contributed by atoms with Crippen molar-refractivity contribution in [2.75, 3.05) is 0 Å². The summed E-state index contributed by atoms with van der Waals surface area (Å²) < 4.78 is 3.87. The predicted octanol–water partition coefficient (Wildman–Crippen LogP) is 2.88. The zero-order valence-electron chi connectivity index (χ0n) is 11.1. The van der Waals surface area contributed by atoms with E-state index in [1.54, 1.807) is 24.7 Å². The number of nitrogens with zero attached hydrogens (tertiary/aromatic N) is 4. The molecule has 21 heavy (non-hydrogen) atoms. The second-order valence-electron chi connectivity index (χ2n) is 4.55. The minimum Gasteiger partial charge on any atom is -0.328 e. The van der Waals surface area contributed by atoms with Gasteiger partial charge in [-0.05, 0) is 18.2 Å². The molecule has 0 aliphatic carbocycles. The van der Waals surface area contributed by atoms with Gasteiger partial charge < -0.3 is 14.9 Å². The molecule has 0 atom stereocenters. The summed E-state index contributed by atoms with van der Waals surface area (Å²) in [5.41, 5.74) is 7.46. The molecular weight excluding hydrogens is 309 g/mol. The summed E-state index contributed by atoms with van der Waals surface area (Å²) in [5, 5.41) is 1.05. The summed E-state index contributed by atoms with van der Waals surface area (Å²) in [6.45, 7) is 1.03. The van der Waals surface area contributed by atoms with E-state index in [4.69, 9.17) is 28.9 Å². The van der Waals surface area contributed by atoms with Gasteiger partial charge in [-0.15, -0.1) is 0 Å². The molecule has 0 unspecified atom stereocenters. The minimum absolute atomic E-state index is 0.403. The van der Waals surface area contributed by atoms with E-state index in [9.17, 15) is 0 Å². The Morgan fingerprint density at radius 1 is 1.14 bits per heavy atom. The molecule has 0 bridgehead atoms. The van der Waals surface area contributed by atoms with Crippen LogP contribution in [0.15, 0.2) is 43.1 Å². The van der Waals surface area contributed by atoms with Crippen LogP contribution >= 0.6 is 23.2 Å². The van der Waals surface area contributed by atoms with Gasteiger partial charge in [0.15, 0.2) is 0 Å². The summed E-state index contributed by atoms with van der Waals surface area (Å²) in [6.07, 6.45) is 7.31. The average molecular weight is 322 g/mol. The Morgan fingerprint density at radius 3 is 2.76 bits per heavy atom. The van der Waals surface area contributed by atoms with Crippen molar-refractivity contribution < 1.29 is 0 Å². The quantitative estimate of drug-likeness (QED) is 0.803. The van der Waals surface area contributed by atoms with Crippen LogP contribution < -0.4 is 5.73 Å². The standard InChI is InChI=1S/C14H13Cl2N5/c15-12-2-1-11(5-13(12)16)21-8-10(19-9-21)7-20-4-3-18-14(20)6-17/h1-5,8-9H,6-7,17H2. The van der Waals surface area contributed by atoms with E-state index in [-0.39, 0.29) is 0 Å². The highest BCUT2D eigenvalue weighted by Crippen LogP contribution is 2.24. The second-order valence-corrected chi connectivity index (χ2v) is 5.36. The molecule has 0 spiro atoms. The molecule has 5 nitrogen and oxygen atoms in total. The zero-order chi connectivity index (χ0) is 14.8. The van der Waals surface area contributed by atoms with Crippen LogP contribution in [0.3, 0.4) is 0 Å². The number of aromatic nitrogens is 4. The number of rotatable bonds is 4. The van der Waals surface area contributed by atoms with Crippen LogP contribution in [0.25, 0.3) is 5.69 Å². The molecule has 3 rings (SSSR count). The third-order valence-corrected chi connectivity index (χ3v) is 3.89. The first kappa shape index (κ1) is 14.1. The smallest absolute Gasteiger partial charge is 0.122 e. The fraction of sp³-hybridized carbons (Fsp3) is 0.143. The third-order valence-electron chi connectivity index (χ3n) is 3.15. The maximum Gasteiger partial charge on any atom is 0.122 e. The van der Waals surface area contributed by atoms with Gasteiger partial charge in [0.25, 0.3) is 0 Å². The van der Waals surface area contributed by atoms with Gasteiger partial charge in [-0.3, -0.25) is 0 Å². The van der Waals surface area contributed by atoms with Crippen molar-refractivity contribution >= 4 is 23.2 Å². The number of hydrogen-bond donors (Lipinski definition) is 1. The second kappa shape index (κ2) is 5.89. The molecule has 108 valence electrons. The van der Waals surface area contributed by atoms with Crippen LogP contribution in [0.4, 0.5) is 0 Å². The van der Waals surface area contributed by atoms with Crippen LogP contribution in [0.5, 0.6) is 0 Å². The van der Waals surface area contributed by atoms with Crippen LogP contribution in [-0.4, -0.2) is 19.1 Å². The van der Waals surface area contributed by atoms with Crippen molar-refractivity contribution in [3.05, 3.63) is 64.7 Å². The first-order chi connectivity index (χ1) is 10.2. The summed E-state index contributed by atoms with van der Waals surface area (Å²) in [5.74, 6) is 0.832. The van der Waals surface area contributed by atoms with E-state index in [2.05, 4.69) is 9.97 Å². The zero-order valence-corrected chi connectivity index (χ0v) is 12.6. The molecule has 2 aromatic heterocycles. The van der Waals surface area contributed by atoms with Crippen LogP contribution in [0, 0.1) is 0 Å². The molecule has 0 saturated carbocycles. The predicted molar refractivity (Wildman–Crippen MR) is 82.8 cm³/mol. The van der Waals surface area contributed by atoms with Crippen molar-refractivity contribution in [2.45, 2.75) is 13.1 Å². The number of benzene rings is 1. The lowest BCUT2D eigenvalue weighted by Gasteiger charge is -2.04. The van der Waals surface area contributed by atoms with Crippen molar-refractivity contribution in [1.82, 2.24) is 19.1 Å². The lowest BCUT2D eigenvalue weighted by Crippen LogP contribution is -2.08. The summed E-state index contributed by atoms with van der Waals surface area (Å²) >= 11 is 12.0. The molecular formula is C14H13Cl2N5. The van der Waals surface area contributed by atoms with Gasteiger partial charge in [0.2, 0.25) is 0 Å². The highest BCUT2D eigenvalue weighted by molar-refractivity contribution is 6.42. The third kappa shape index (κ3) is 2.95. The molecule has 0 fully saturated rings. The van der Waals surface area contributed by atoms with Crippen LogP contribution in [-0.2, 0) is 13.1 Å². The van der Waals surface area contributed by atoms with Crippen LogP contribution in [0.1, 0.15) is 11.5 Å². The largest absolute Gasteiger partial charge is 0.328 e. The van der Waals surface area contributed by atoms with Gasteiger partial charge in [-0.1, -0.05) is 23.2 Å². The normalized spacial score (nSPS) is 11.0. The van der Waals surface area contributed by atoms with Crippen molar-refractivity contribution in [3.63, 3.8) is 0 Å². The number of hydrogen-bond acceptors (Lipinski definition) is 3. The van der Waals surface area contributed by atoms with Crippen LogP contribution in [0.2, 0.25) is 10.0 Å². The average Bonchev–Trinajstić information content (AvgIpc) is 3.11. The van der Waals surface area contributed by atoms with E-state index < -0.39 is 0 Å². The molecule has 3 aromatic rings. The van der Waals surface area contributed by atoms with Crippen molar-refractivity contribution in [2.24, 2.45) is 5.73 Å². The van der Waals surface area contributed by atoms with Gasteiger partial charge in [0.05, 0.1) is 35.2 Å². The first-order valence-corrected chi connectivity index (χ1v) is 7.11. The lowest BCUT2D eigenvalue weighted by molar-refractivity contribution is 0.712. The van der Waals surface area contributed by atoms with E-state index in [1.807, 2.05) is 27.6 Å². The topological polar surface area (TPSA) is 61.7 Å².